The number of rotatable bonds is 5. The number of nitrogens with zero attached hydrogens (tertiary/aromatic N) is 1. The number of hydrogen-bond donors (Lipinski definition) is 1. The van der Waals surface area contributed by atoms with E-state index in [4.69, 9.17) is 0 Å². The normalized spacial score (nSPS) is 19.7. The van der Waals surface area contributed by atoms with Gasteiger partial charge in [0.05, 0.1) is 11.9 Å². The van der Waals surface area contributed by atoms with Gasteiger partial charge in [-0.05, 0) is 43.7 Å². The standard InChI is InChI=1S/C14H21FN2/c1-3-14(7-4-8-14)10-17-11(2)13-6-5-12(15)9-16-13/h5-6,9,11,17H,3-4,7-8,10H2,1-2H3. The lowest BCUT2D eigenvalue weighted by atomic mass is 9.67. The first kappa shape index (κ1) is 12.5. The molecule has 17 heavy (non-hydrogen) atoms. The van der Waals surface area contributed by atoms with Crippen molar-refractivity contribution < 1.29 is 4.39 Å². The van der Waals surface area contributed by atoms with E-state index in [-0.39, 0.29) is 11.9 Å². The van der Waals surface area contributed by atoms with Crippen molar-refractivity contribution in [2.24, 2.45) is 5.41 Å². The average molecular weight is 236 g/mol. The lowest BCUT2D eigenvalue weighted by Crippen LogP contribution is -2.40. The fraction of sp³-hybridized carbons (Fsp3) is 0.643. The smallest absolute Gasteiger partial charge is 0.141 e. The van der Waals surface area contributed by atoms with Crippen molar-refractivity contribution in [2.75, 3.05) is 6.54 Å². The van der Waals surface area contributed by atoms with Crippen molar-refractivity contribution in [1.29, 1.82) is 0 Å². The summed E-state index contributed by atoms with van der Waals surface area (Å²) in [6.45, 7) is 5.40. The van der Waals surface area contributed by atoms with E-state index in [1.54, 1.807) is 6.07 Å². The zero-order valence-corrected chi connectivity index (χ0v) is 10.7. The Morgan fingerprint density at radius 3 is 2.71 bits per heavy atom. The lowest BCUT2D eigenvalue weighted by molar-refractivity contribution is 0.120. The van der Waals surface area contributed by atoms with E-state index >= 15 is 0 Å². The SMILES string of the molecule is CCC1(CNC(C)c2ccc(F)cn2)CCC1. The fourth-order valence-electron chi connectivity index (χ4n) is 2.45. The molecule has 1 unspecified atom stereocenters. The Labute approximate surface area is 103 Å². The summed E-state index contributed by atoms with van der Waals surface area (Å²) in [5.41, 5.74) is 1.42. The molecule has 0 aromatic carbocycles. The summed E-state index contributed by atoms with van der Waals surface area (Å²) in [5, 5.41) is 3.53. The second-order valence-corrected chi connectivity index (χ2v) is 5.21. The zero-order chi connectivity index (χ0) is 12.3. The van der Waals surface area contributed by atoms with E-state index in [0.29, 0.717) is 5.41 Å². The Hall–Kier alpha value is -0.960. The van der Waals surface area contributed by atoms with Gasteiger partial charge in [0.1, 0.15) is 5.82 Å². The highest BCUT2D eigenvalue weighted by Crippen LogP contribution is 2.43. The molecular formula is C14H21FN2. The summed E-state index contributed by atoms with van der Waals surface area (Å²) >= 11 is 0. The van der Waals surface area contributed by atoms with Gasteiger partial charge in [-0.1, -0.05) is 13.3 Å². The third-order valence-electron chi connectivity index (χ3n) is 4.14. The minimum Gasteiger partial charge on any atom is -0.308 e. The van der Waals surface area contributed by atoms with Crippen molar-refractivity contribution in [1.82, 2.24) is 10.3 Å². The van der Waals surface area contributed by atoms with Gasteiger partial charge < -0.3 is 5.32 Å². The first-order valence-corrected chi connectivity index (χ1v) is 6.50. The Morgan fingerprint density at radius 2 is 2.24 bits per heavy atom. The van der Waals surface area contributed by atoms with Crippen LogP contribution in [-0.2, 0) is 0 Å². The molecule has 0 radical (unpaired) electrons. The molecule has 1 fully saturated rings. The van der Waals surface area contributed by atoms with Crippen LogP contribution in [0.1, 0.15) is 51.3 Å². The summed E-state index contributed by atoms with van der Waals surface area (Å²) < 4.78 is 12.8. The maximum Gasteiger partial charge on any atom is 0.141 e. The summed E-state index contributed by atoms with van der Waals surface area (Å²) in [6, 6.07) is 3.42. The molecule has 1 saturated carbocycles. The van der Waals surface area contributed by atoms with Crippen molar-refractivity contribution >= 4 is 0 Å². The molecule has 1 heterocycles. The van der Waals surface area contributed by atoms with Crippen molar-refractivity contribution in [3.05, 3.63) is 29.8 Å². The third-order valence-corrected chi connectivity index (χ3v) is 4.14. The molecule has 2 rings (SSSR count). The largest absolute Gasteiger partial charge is 0.308 e. The molecule has 1 aromatic heterocycles. The highest BCUT2D eigenvalue weighted by atomic mass is 19.1. The minimum atomic E-state index is -0.273. The van der Waals surface area contributed by atoms with Crippen LogP contribution in [0.4, 0.5) is 4.39 Å². The van der Waals surface area contributed by atoms with Gasteiger partial charge in [-0.25, -0.2) is 4.39 Å². The van der Waals surface area contributed by atoms with Gasteiger partial charge in [0, 0.05) is 12.6 Å². The fourth-order valence-corrected chi connectivity index (χ4v) is 2.45. The molecule has 2 nitrogen and oxygen atoms in total. The molecule has 0 amide bonds. The molecule has 3 heteroatoms. The Morgan fingerprint density at radius 1 is 1.47 bits per heavy atom. The monoisotopic (exact) mass is 236 g/mol. The van der Waals surface area contributed by atoms with E-state index in [0.717, 1.165) is 12.2 Å². The van der Waals surface area contributed by atoms with E-state index in [2.05, 4.69) is 24.1 Å². The van der Waals surface area contributed by atoms with Crippen LogP contribution < -0.4 is 5.32 Å². The highest BCUT2D eigenvalue weighted by Gasteiger charge is 2.34. The van der Waals surface area contributed by atoms with Crippen LogP contribution in [-0.4, -0.2) is 11.5 Å². The van der Waals surface area contributed by atoms with Crippen LogP contribution in [0.2, 0.25) is 0 Å². The van der Waals surface area contributed by atoms with E-state index in [1.165, 1.54) is 37.9 Å². The number of pyridine rings is 1. The molecule has 94 valence electrons. The summed E-state index contributed by atoms with van der Waals surface area (Å²) in [7, 11) is 0. The maximum atomic E-state index is 12.8. The molecule has 1 aromatic rings. The summed E-state index contributed by atoms with van der Waals surface area (Å²) in [4.78, 5) is 4.11. The van der Waals surface area contributed by atoms with Crippen LogP contribution in [0.3, 0.4) is 0 Å². The van der Waals surface area contributed by atoms with Gasteiger partial charge in [-0.2, -0.15) is 0 Å². The van der Waals surface area contributed by atoms with E-state index in [1.807, 2.05) is 0 Å². The summed E-state index contributed by atoms with van der Waals surface area (Å²) in [6.07, 6.45) is 6.55. The molecule has 0 aliphatic heterocycles. The maximum absolute atomic E-state index is 12.8. The quantitative estimate of drug-likeness (QED) is 0.847. The molecule has 1 aliphatic carbocycles. The number of nitrogens with one attached hydrogen (secondary N) is 1. The van der Waals surface area contributed by atoms with Gasteiger partial charge in [0.25, 0.3) is 0 Å². The zero-order valence-electron chi connectivity index (χ0n) is 10.7. The second-order valence-electron chi connectivity index (χ2n) is 5.21. The van der Waals surface area contributed by atoms with E-state index < -0.39 is 0 Å². The minimum absolute atomic E-state index is 0.194. The molecule has 0 spiro atoms. The van der Waals surface area contributed by atoms with Crippen LogP contribution in [0, 0.1) is 11.2 Å². The number of aromatic nitrogens is 1. The van der Waals surface area contributed by atoms with E-state index in [9.17, 15) is 4.39 Å². The third kappa shape index (κ3) is 2.83. The van der Waals surface area contributed by atoms with Gasteiger partial charge in [0.2, 0.25) is 0 Å². The topological polar surface area (TPSA) is 24.9 Å². The molecule has 1 aliphatic rings. The predicted octanol–water partition coefficient (Wildman–Crippen LogP) is 3.45. The average Bonchev–Trinajstić information content (AvgIpc) is 2.29. The first-order valence-electron chi connectivity index (χ1n) is 6.50. The van der Waals surface area contributed by atoms with Gasteiger partial charge in [0.15, 0.2) is 0 Å². The van der Waals surface area contributed by atoms with Crippen molar-refractivity contribution in [2.45, 2.75) is 45.6 Å². The highest BCUT2D eigenvalue weighted by molar-refractivity contribution is 5.09. The van der Waals surface area contributed by atoms with Gasteiger partial charge in [-0.15, -0.1) is 0 Å². The van der Waals surface area contributed by atoms with Crippen LogP contribution in [0.25, 0.3) is 0 Å². The van der Waals surface area contributed by atoms with Crippen molar-refractivity contribution in [3.63, 3.8) is 0 Å². The van der Waals surface area contributed by atoms with Crippen LogP contribution in [0.15, 0.2) is 18.3 Å². The molecule has 1 atom stereocenters. The Balaban J connectivity index is 1.88. The number of hydrogen-bond acceptors (Lipinski definition) is 2. The Bertz CT molecular complexity index is 351. The summed E-state index contributed by atoms with van der Waals surface area (Å²) in [5.74, 6) is -0.273. The van der Waals surface area contributed by atoms with Gasteiger partial charge in [-0.3, -0.25) is 4.98 Å². The number of halogens is 1. The molecule has 1 N–H and O–H groups in total. The lowest BCUT2D eigenvalue weighted by Gasteiger charge is -2.42. The molecule has 0 bridgehead atoms. The van der Waals surface area contributed by atoms with Crippen LogP contribution >= 0.6 is 0 Å². The molecule has 0 saturated heterocycles. The van der Waals surface area contributed by atoms with Crippen molar-refractivity contribution in [3.8, 4) is 0 Å². The molecular weight excluding hydrogens is 215 g/mol. The first-order chi connectivity index (χ1) is 8.15. The Kier molecular flexibility index (Phi) is 3.77. The predicted molar refractivity (Wildman–Crippen MR) is 67.2 cm³/mol. The van der Waals surface area contributed by atoms with Gasteiger partial charge >= 0.3 is 0 Å². The second kappa shape index (κ2) is 5.13. The van der Waals surface area contributed by atoms with Crippen LogP contribution in [0.5, 0.6) is 0 Å².